The first-order valence-electron chi connectivity index (χ1n) is 17.5. The van der Waals surface area contributed by atoms with Crippen molar-refractivity contribution in [2.24, 2.45) is 5.92 Å². The van der Waals surface area contributed by atoms with Crippen LogP contribution >= 0.6 is 0 Å². The number of unbranched alkanes of at least 4 members (excludes halogenated alkanes) is 21. The molecule has 0 aromatic carbocycles. The summed E-state index contributed by atoms with van der Waals surface area (Å²) < 4.78 is 5.76. The highest BCUT2D eigenvalue weighted by Crippen LogP contribution is 2.20. The maximum absolute atomic E-state index is 12.3. The molecule has 0 saturated heterocycles. The van der Waals surface area contributed by atoms with Gasteiger partial charge in [-0.2, -0.15) is 0 Å². The summed E-state index contributed by atoms with van der Waals surface area (Å²) in [7, 11) is 0. The highest BCUT2D eigenvalue weighted by atomic mass is 16.5. The zero-order valence-corrected chi connectivity index (χ0v) is 26.6. The summed E-state index contributed by atoms with van der Waals surface area (Å²) >= 11 is 0. The van der Waals surface area contributed by atoms with Gasteiger partial charge in [0.25, 0.3) is 0 Å². The quantitative estimate of drug-likeness (QED) is 0.0502. The summed E-state index contributed by atoms with van der Waals surface area (Å²) in [6, 6.07) is 0. The highest BCUT2D eigenvalue weighted by Gasteiger charge is 2.12. The molecule has 0 aromatic heterocycles. The van der Waals surface area contributed by atoms with Gasteiger partial charge in [-0.3, -0.25) is 4.79 Å². The van der Waals surface area contributed by atoms with Crippen LogP contribution in [-0.2, 0) is 9.53 Å². The molecule has 0 amide bonds. The van der Waals surface area contributed by atoms with Crippen LogP contribution in [0.4, 0.5) is 0 Å². The maximum atomic E-state index is 12.3. The Hall–Kier alpha value is -0.790. The molecule has 0 aromatic rings. The normalized spacial score (nSPS) is 12.4. The van der Waals surface area contributed by atoms with E-state index in [2.05, 4.69) is 32.9 Å². The van der Waals surface area contributed by atoms with Gasteiger partial charge in [0.05, 0.1) is 6.61 Å². The number of carbonyl (C=O) groups is 1. The second kappa shape index (κ2) is 32.4. The summed E-state index contributed by atoms with van der Waals surface area (Å²) in [4.78, 5) is 12.3. The lowest BCUT2D eigenvalue weighted by molar-refractivity contribution is -0.145. The average Bonchev–Trinajstić information content (AvgIpc) is 2.92. The van der Waals surface area contributed by atoms with E-state index >= 15 is 0 Å². The zero-order chi connectivity index (χ0) is 27.8. The summed E-state index contributed by atoms with van der Waals surface area (Å²) in [6.07, 6.45) is 40.8. The molecular formula is C36H70O2. The Morgan fingerprint density at radius 3 is 1.32 bits per heavy atom. The molecule has 0 aliphatic heterocycles. The molecule has 0 spiro atoms. The number of hydrogen-bond acceptors (Lipinski definition) is 2. The van der Waals surface area contributed by atoms with Crippen LogP contribution in [0.15, 0.2) is 12.2 Å². The minimum absolute atomic E-state index is 0.0400. The monoisotopic (exact) mass is 535 g/mol. The number of ether oxygens (including phenoxy) is 1. The second-order valence-corrected chi connectivity index (χ2v) is 12.0. The third-order valence-corrected chi connectivity index (χ3v) is 8.05. The van der Waals surface area contributed by atoms with E-state index < -0.39 is 0 Å². The van der Waals surface area contributed by atoms with Crippen molar-refractivity contribution in [1.29, 1.82) is 0 Å². The van der Waals surface area contributed by atoms with Gasteiger partial charge >= 0.3 is 5.97 Å². The average molecular weight is 535 g/mol. The first-order valence-corrected chi connectivity index (χ1v) is 17.5. The Labute approximate surface area is 240 Å². The van der Waals surface area contributed by atoms with E-state index in [9.17, 15) is 4.79 Å². The smallest absolute Gasteiger partial charge is 0.305 e. The Bertz CT molecular complexity index is 484. The van der Waals surface area contributed by atoms with E-state index in [1.54, 1.807) is 0 Å². The standard InChI is InChI=1S/C36H70O2/c1-4-7-10-13-15-16-17-18-19-20-21-22-24-27-30-33-36(37)38-34-35(31-28-25-12-9-6-3)32-29-26-23-14-11-8-5-2/h18-19,35H,4-17,20-34H2,1-3H3/b19-18-. The molecular weight excluding hydrogens is 464 g/mol. The first-order chi connectivity index (χ1) is 18.7. The largest absolute Gasteiger partial charge is 0.465 e. The maximum Gasteiger partial charge on any atom is 0.305 e. The number of esters is 1. The predicted octanol–water partition coefficient (Wildman–Crippen LogP) is 12.7. The number of carbonyl (C=O) groups excluding carboxylic acids is 1. The van der Waals surface area contributed by atoms with Gasteiger partial charge in [0.2, 0.25) is 0 Å². The Kier molecular flexibility index (Phi) is 31.7. The lowest BCUT2D eigenvalue weighted by Gasteiger charge is -2.17. The molecule has 2 nitrogen and oxygen atoms in total. The molecule has 1 unspecified atom stereocenters. The minimum Gasteiger partial charge on any atom is -0.465 e. The molecule has 0 radical (unpaired) electrons. The van der Waals surface area contributed by atoms with Gasteiger partial charge in [0.1, 0.15) is 0 Å². The summed E-state index contributed by atoms with van der Waals surface area (Å²) in [6.45, 7) is 7.50. The van der Waals surface area contributed by atoms with Crippen molar-refractivity contribution in [2.75, 3.05) is 6.61 Å². The SMILES string of the molecule is CCCCCCCC/C=C\CCCCCCCC(=O)OCC(CCCCCCC)CCCCCCCCC. The molecule has 38 heavy (non-hydrogen) atoms. The predicted molar refractivity (Wildman–Crippen MR) is 170 cm³/mol. The van der Waals surface area contributed by atoms with Gasteiger partial charge in [0, 0.05) is 6.42 Å². The first kappa shape index (κ1) is 37.2. The van der Waals surface area contributed by atoms with Crippen molar-refractivity contribution in [3.05, 3.63) is 12.2 Å². The topological polar surface area (TPSA) is 26.3 Å². The molecule has 0 heterocycles. The van der Waals surface area contributed by atoms with Gasteiger partial charge < -0.3 is 4.74 Å². The number of allylic oxidation sites excluding steroid dienone is 2. The molecule has 0 saturated carbocycles. The molecule has 0 N–H and O–H groups in total. The molecule has 1 atom stereocenters. The van der Waals surface area contributed by atoms with Crippen LogP contribution in [0.25, 0.3) is 0 Å². The lowest BCUT2D eigenvalue weighted by atomic mass is 9.95. The Balaban J connectivity index is 3.80. The highest BCUT2D eigenvalue weighted by molar-refractivity contribution is 5.69. The van der Waals surface area contributed by atoms with Crippen LogP contribution in [0.1, 0.15) is 201 Å². The van der Waals surface area contributed by atoms with E-state index in [0.717, 1.165) is 12.8 Å². The van der Waals surface area contributed by atoms with E-state index in [-0.39, 0.29) is 5.97 Å². The van der Waals surface area contributed by atoms with Crippen LogP contribution in [0, 0.1) is 5.92 Å². The van der Waals surface area contributed by atoms with E-state index in [4.69, 9.17) is 4.74 Å². The van der Waals surface area contributed by atoms with Crippen LogP contribution in [-0.4, -0.2) is 12.6 Å². The van der Waals surface area contributed by atoms with Crippen LogP contribution in [0.5, 0.6) is 0 Å². The van der Waals surface area contributed by atoms with Crippen molar-refractivity contribution in [2.45, 2.75) is 201 Å². The van der Waals surface area contributed by atoms with Crippen molar-refractivity contribution in [1.82, 2.24) is 0 Å². The van der Waals surface area contributed by atoms with Gasteiger partial charge in [-0.1, -0.05) is 161 Å². The zero-order valence-electron chi connectivity index (χ0n) is 26.6. The van der Waals surface area contributed by atoms with Crippen molar-refractivity contribution >= 4 is 5.97 Å². The molecule has 0 aliphatic rings. The van der Waals surface area contributed by atoms with E-state index in [1.807, 2.05) is 0 Å². The lowest BCUT2D eigenvalue weighted by Crippen LogP contribution is -2.14. The summed E-state index contributed by atoms with van der Waals surface area (Å²) in [5.41, 5.74) is 0. The van der Waals surface area contributed by atoms with E-state index in [0.29, 0.717) is 18.9 Å². The second-order valence-electron chi connectivity index (χ2n) is 12.0. The number of hydrogen-bond donors (Lipinski definition) is 0. The Morgan fingerprint density at radius 1 is 0.500 bits per heavy atom. The van der Waals surface area contributed by atoms with E-state index in [1.165, 1.54) is 161 Å². The third-order valence-electron chi connectivity index (χ3n) is 8.05. The molecule has 0 bridgehead atoms. The van der Waals surface area contributed by atoms with Crippen molar-refractivity contribution in [3.63, 3.8) is 0 Å². The van der Waals surface area contributed by atoms with Gasteiger partial charge in [-0.05, 0) is 50.9 Å². The van der Waals surface area contributed by atoms with Crippen molar-refractivity contribution < 1.29 is 9.53 Å². The van der Waals surface area contributed by atoms with Crippen molar-refractivity contribution in [3.8, 4) is 0 Å². The Morgan fingerprint density at radius 2 is 0.868 bits per heavy atom. The van der Waals surface area contributed by atoms with Crippen LogP contribution in [0.3, 0.4) is 0 Å². The fraction of sp³-hybridized carbons (Fsp3) is 0.917. The molecule has 226 valence electrons. The molecule has 0 aliphatic carbocycles. The fourth-order valence-electron chi connectivity index (χ4n) is 5.36. The van der Waals surface area contributed by atoms with Gasteiger partial charge in [0.15, 0.2) is 0 Å². The van der Waals surface area contributed by atoms with Gasteiger partial charge in [-0.15, -0.1) is 0 Å². The van der Waals surface area contributed by atoms with Gasteiger partial charge in [-0.25, -0.2) is 0 Å². The fourth-order valence-corrected chi connectivity index (χ4v) is 5.36. The summed E-state index contributed by atoms with van der Waals surface area (Å²) in [5.74, 6) is 0.614. The molecule has 2 heteroatoms. The molecule has 0 rings (SSSR count). The third kappa shape index (κ3) is 29.8. The molecule has 0 fully saturated rings. The minimum atomic E-state index is 0.0400. The summed E-state index contributed by atoms with van der Waals surface area (Å²) in [5, 5.41) is 0. The number of rotatable bonds is 31. The van der Waals surface area contributed by atoms with Crippen LogP contribution in [0.2, 0.25) is 0 Å². The van der Waals surface area contributed by atoms with Crippen LogP contribution < -0.4 is 0 Å².